The van der Waals surface area contributed by atoms with Gasteiger partial charge in [-0.1, -0.05) is 19.1 Å². The molecule has 1 amide bonds. The van der Waals surface area contributed by atoms with Gasteiger partial charge in [-0.05, 0) is 30.7 Å². The second kappa shape index (κ2) is 7.67. The summed E-state index contributed by atoms with van der Waals surface area (Å²) >= 11 is 1.49. The minimum Gasteiger partial charge on any atom is -0.464 e. The molecule has 5 nitrogen and oxygen atoms in total. The van der Waals surface area contributed by atoms with E-state index < -0.39 is 23.6 Å². The Morgan fingerprint density at radius 3 is 2.57 bits per heavy atom. The van der Waals surface area contributed by atoms with Crippen molar-refractivity contribution in [2.75, 3.05) is 12.4 Å². The zero-order valence-corrected chi connectivity index (χ0v) is 15.9. The van der Waals surface area contributed by atoms with Gasteiger partial charge in [-0.2, -0.15) is 13.2 Å². The van der Waals surface area contributed by atoms with E-state index in [0.717, 1.165) is 22.1 Å². The Bertz CT molecular complexity index is 1040. The van der Waals surface area contributed by atoms with E-state index >= 15 is 0 Å². The average Bonchev–Trinajstić information content (AvgIpc) is 3.19. The lowest BCUT2D eigenvalue weighted by Gasteiger charge is -2.14. The fraction of sp³-hybridized carbons (Fsp3) is 0.263. The smallest absolute Gasteiger partial charge is 0.418 e. The maximum atomic E-state index is 13.1. The monoisotopic (exact) mass is 410 g/mol. The van der Waals surface area contributed by atoms with Crippen molar-refractivity contribution in [2.45, 2.75) is 26.1 Å². The zero-order valence-electron chi connectivity index (χ0n) is 15.1. The Kier molecular flexibility index (Phi) is 5.46. The highest BCUT2D eigenvalue weighted by atomic mass is 32.1. The first-order valence-electron chi connectivity index (χ1n) is 8.41. The molecule has 28 heavy (non-hydrogen) atoms. The number of methoxy groups -OCH3 is 1. The summed E-state index contributed by atoms with van der Waals surface area (Å²) in [6.07, 6.45) is -3.80. The maximum absolute atomic E-state index is 13.1. The molecule has 0 spiro atoms. The van der Waals surface area contributed by atoms with Gasteiger partial charge in [0, 0.05) is 4.88 Å². The molecule has 148 valence electrons. The van der Waals surface area contributed by atoms with Crippen LogP contribution in [0.1, 0.15) is 27.9 Å². The normalized spacial score (nSPS) is 11.6. The number of hydrogen-bond acceptors (Lipinski definition) is 4. The van der Waals surface area contributed by atoms with Crippen LogP contribution in [0.3, 0.4) is 0 Å². The molecule has 3 rings (SSSR count). The minimum atomic E-state index is -4.59. The summed E-state index contributed by atoms with van der Waals surface area (Å²) in [5.41, 5.74) is -0.423. The topological polar surface area (TPSA) is 60.3 Å². The van der Waals surface area contributed by atoms with Gasteiger partial charge in [-0.3, -0.25) is 4.79 Å². The molecule has 0 atom stereocenters. The van der Waals surface area contributed by atoms with Crippen LogP contribution in [0.25, 0.3) is 10.2 Å². The Labute approximate surface area is 162 Å². The Morgan fingerprint density at radius 1 is 1.21 bits per heavy atom. The first-order chi connectivity index (χ1) is 13.2. The highest BCUT2D eigenvalue weighted by Gasteiger charge is 2.33. The summed E-state index contributed by atoms with van der Waals surface area (Å²) in [4.78, 5) is 25.6. The van der Waals surface area contributed by atoms with Crippen molar-refractivity contribution in [1.29, 1.82) is 0 Å². The third-order valence-electron chi connectivity index (χ3n) is 4.19. The predicted octanol–water partition coefficient (Wildman–Crippen LogP) is 4.71. The molecule has 0 aliphatic heterocycles. The summed E-state index contributed by atoms with van der Waals surface area (Å²) < 4.78 is 46.4. The Morgan fingerprint density at radius 2 is 1.93 bits per heavy atom. The molecule has 0 aliphatic rings. The largest absolute Gasteiger partial charge is 0.464 e. The van der Waals surface area contributed by atoms with E-state index in [1.807, 2.05) is 13.0 Å². The lowest BCUT2D eigenvalue weighted by Crippen LogP contribution is -2.23. The number of aryl methyl sites for hydroxylation is 1. The number of halogens is 3. The van der Waals surface area contributed by atoms with Gasteiger partial charge in [-0.15, -0.1) is 11.3 Å². The molecular formula is C19H17F3N2O3S. The molecule has 0 radical (unpaired) electrons. The van der Waals surface area contributed by atoms with Gasteiger partial charge in [-0.25, -0.2) is 4.79 Å². The van der Waals surface area contributed by atoms with Gasteiger partial charge in [0.1, 0.15) is 12.2 Å². The predicted molar refractivity (Wildman–Crippen MR) is 101 cm³/mol. The highest BCUT2D eigenvalue weighted by Crippen LogP contribution is 2.35. The number of fused-ring (bicyclic) bond motifs is 1. The third kappa shape index (κ3) is 3.89. The summed E-state index contributed by atoms with van der Waals surface area (Å²) in [6.45, 7) is 1.66. The SMILES string of the molecule is CCc1cc2c(cc(C(=O)OC)n2CC(=O)Nc2ccccc2C(F)(F)F)s1. The number of aromatic nitrogens is 1. The van der Waals surface area contributed by atoms with Crippen LogP contribution in [-0.4, -0.2) is 23.6 Å². The highest BCUT2D eigenvalue weighted by molar-refractivity contribution is 7.19. The third-order valence-corrected chi connectivity index (χ3v) is 5.41. The Balaban J connectivity index is 1.93. The fourth-order valence-corrected chi connectivity index (χ4v) is 3.93. The van der Waals surface area contributed by atoms with Gasteiger partial charge < -0.3 is 14.6 Å². The van der Waals surface area contributed by atoms with E-state index in [-0.39, 0.29) is 17.9 Å². The number of thiophene rings is 1. The summed E-state index contributed by atoms with van der Waals surface area (Å²) in [7, 11) is 1.23. The van der Waals surface area contributed by atoms with Crippen molar-refractivity contribution in [3.8, 4) is 0 Å². The lowest BCUT2D eigenvalue weighted by atomic mass is 10.1. The number of nitrogens with zero attached hydrogens (tertiary/aromatic N) is 1. The molecule has 0 aliphatic carbocycles. The van der Waals surface area contributed by atoms with Crippen molar-refractivity contribution in [3.05, 3.63) is 52.5 Å². The number of rotatable bonds is 5. The van der Waals surface area contributed by atoms with E-state index in [9.17, 15) is 22.8 Å². The molecule has 0 saturated carbocycles. The molecule has 0 saturated heterocycles. The molecular weight excluding hydrogens is 393 g/mol. The van der Waals surface area contributed by atoms with Gasteiger partial charge in [0.05, 0.1) is 28.6 Å². The quantitative estimate of drug-likeness (QED) is 0.620. The molecule has 2 aromatic heterocycles. The van der Waals surface area contributed by atoms with E-state index in [1.54, 1.807) is 6.07 Å². The van der Waals surface area contributed by atoms with Crippen LogP contribution in [0, 0.1) is 0 Å². The number of benzene rings is 1. The van der Waals surface area contributed by atoms with Crippen molar-refractivity contribution in [2.24, 2.45) is 0 Å². The zero-order chi connectivity index (χ0) is 20.5. The summed E-state index contributed by atoms with van der Waals surface area (Å²) in [6, 6.07) is 8.24. The maximum Gasteiger partial charge on any atom is 0.418 e. The molecule has 2 heterocycles. The van der Waals surface area contributed by atoms with Crippen LogP contribution >= 0.6 is 11.3 Å². The molecule has 9 heteroatoms. The number of carbonyl (C=O) groups is 2. The molecule has 0 fully saturated rings. The van der Waals surface area contributed by atoms with Crippen LogP contribution in [0.5, 0.6) is 0 Å². The summed E-state index contributed by atoms with van der Waals surface area (Å²) in [5, 5.41) is 2.30. The van der Waals surface area contributed by atoms with Gasteiger partial charge in [0.2, 0.25) is 5.91 Å². The number of hydrogen-bond donors (Lipinski definition) is 1. The standard InChI is InChI=1S/C19H17F3N2O3S/c1-3-11-8-14-16(28-11)9-15(18(26)27-2)24(14)10-17(25)23-13-7-5-4-6-12(13)19(20,21)22/h4-9H,3,10H2,1-2H3,(H,23,25). The fourth-order valence-electron chi connectivity index (χ4n) is 2.88. The van der Waals surface area contributed by atoms with Crippen LogP contribution in [-0.2, 0) is 28.7 Å². The number of ether oxygens (including phenoxy) is 1. The first kappa shape index (κ1) is 19.9. The van der Waals surface area contributed by atoms with Crippen LogP contribution in [0.4, 0.5) is 18.9 Å². The van der Waals surface area contributed by atoms with Crippen molar-refractivity contribution >= 4 is 39.1 Å². The minimum absolute atomic E-state index is 0.172. The van der Waals surface area contributed by atoms with Crippen molar-refractivity contribution in [1.82, 2.24) is 4.57 Å². The molecule has 3 aromatic rings. The van der Waals surface area contributed by atoms with Crippen molar-refractivity contribution < 1.29 is 27.5 Å². The Hall–Kier alpha value is -2.81. The van der Waals surface area contributed by atoms with E-state index in [1.165, 1.54) is 41.2 Å². The number of alkyl halides is 3. The van der Waals surface area contributed by atoms with E-state index in [4.69, 9.17) is 4.74 Å². The number of amides is 1. The second-order valence-electron chi connectivity index (χ2n) is 6.01. The second-order valence-corrected chi connectivity index (χ2v) is 7.18. The van der Waals surface area contributed by atoms with Crippen LogP contribution in [0.15, 0.2) is 36.4 Å². The number of carbonyl (C=O) groups excluding carboxylic acids is 2. The lowest BCUT2D eigenvalue weighted by molar-refractivity contribution is -0.137. The molecule has 0 unspecified atom stereocenters. The van der Waals surface area contributed by atoms with Gasteiger partial charge in [0.25, 0.3) is 0 Å². The number of para-hydroxylation sites is 1. The van der Waals surface area contributed by atoms with Crippen LogP contribution in [0.2, 0.25) is 0 Å². The first-order valence-corrected chi connectivity index (χ1v) is 9.22. The van der Waals surface area contributed by atoms with E-state index in [0.29, 0.717) is 5.52 Å². The number of anilines is 1. The molecule has 1 N–H and O–H groups in total. The van der Waals surface area contributed by atoms with E-state index in [2.05, 4.69) is 5.32 Å². The number of esters is 1. The van der Waals surface area contributed by atoms with Gasteiger partial charge in [0.15, 0.2) is 0 Å². The number of nitrogens with one attached hydrogen (secondary N) is 1. The average molecular weight is 410 g/mol. The van der Waals surface area contributed by atoms with Gasteiger partial charge >= 0.3 is 12.1 Å². The van der Waals surface area contributed by atoms with Crippen molar-refractivity contribution in [3.63, 3.8) is 0 Å². The summed E-state index contributed by atoms with van der Waals surface area (Å²) in [5.74, 6) is -1.30. The molecule has 0 bridgehead atoms. The van der Waals surface area contributed by atoms with Crippen LogP contribution < -0.4 is 5.32 Å². The molecule has 1 aromatic carbocycles.